The van der Waals surface area contributed by atoms with Crippen molar-refractivity contribution < 1.29 is 29.1 Å². The van der Waals surface area contributed by atoms with Gasteiger partial charge in [-0.2, -0.15) is 0 Å². The number of hydrogen-bond acceptors (Lipinski definition) is 8. The molecule has 0 atom stereocenters. The normalized spacial score (nSPS) is 13.6. The van der Waals surface area contributed by atoms with E-state index in [0.717, 1.165) is 0 Å². The molecule has 10 nitrogen and oxygen atoms in total. The van der Waals surface area contributed by atoms with E-state index in [-0.39, 0.29) is 59.9 Å². The van der Waals surface area contributed by atoms with Crippen LogP contribution in [0.15, 0.2) is 24.3 Å². The lowest BCUT2D eigenvalue weighted by Gasteiger charge is -2.34. The largest absolute Gasteiger partial charge is 0.633 e. The number of benzene rings is 2. The zero-order valence-electron chi connectivity index (χ0n) is 18.6. The second kappa shape index (κ2) is 8.40. The Kier molecular flexibility index (Phi) is 6.16. The van der Waals surface area contributed by atoms with Crippen molar-refractivity contribution in [2.24, 2.45) is 0 Å². The number of phenols is 2. The van der Waals surface area contributed by atoms with Crippen LogP contribution < -0.4 is 10.6 Å². The maximum Gasteiger partial charge on any atom is 0.200 e. The molecular formula is C22H28N4O6. The van der Waals surface area contributed by atoms with Crippen molar-refractivity contribution in [3.05, 3.63) is 56.9 Å². The Hall–Kier alpha value is -3.18. The van der Waals surface area contributed by atoms with E-state index in [1.807, 2.05) is 0 Å². The number of phenolic OH excluding ortho intramolecular Hbond substituents is 2. The minimum absolute atomic E-state index is 0.0523. The van der Waals surface area contributed by atoms with E-state index in [2.05, 4.69) is 10.6 Å². The lowest BCUT2D eigenvalue weighted by atomic mass is 9.81. The van der Waals surface area contributed by atoms with Crippen LogP contribution >= 0.6 is 0 Å². The van der Waals surface area contributed by atoms with Gasteiger partial charge in [0, 0.05) is 11.4 Å². The van der Waals surface area contributed by atoms with Gasteiger partial charge in [0.2, 0.25) is 11.6 Å². The summed E-state index contributed by atoms with van der Waals surface area (Å²) in [6.07, 6.45) is 0. The molecule has 0 amide bonds. The molecule has 2 aromatic carbocycles. The van der Waals surface area contributed by atoms with E-state index in [0.29, 0.717) is 11.4 Å². The van der Waals surface area contributed by atoms with Crippen molar-refractivity contribution in [2.75, 3.05) is 65.0 Å². The number of fused-ring (bicyclic) bond motifs is 2. The molecule has 1 aliphatic carbocycles. The number of nitrogens with zero attached hydrogens (tertiary/aromatic N) is 2. The number of carbonyl (C=O) groups excluding carboxylic acids is 2. The minimum Gasteiger partial charge on any atom is -0.633 e. The van der Waals surface area contributed by atoms with Crippen molar-refractivity contribution in [1.82, 2.24) is 0 Å². The van der Waals surface area contributed by atoms with Crippen molar-refractivity contribution >= 4 is 22.9 Å². The van der Waals surface area contributed by atoms with Gasteiger partial charge in [-0.25, -0.2) is 0 Å². The number of anilines is 2. The summed E-state index contributed by atoms with van der Waals surface area (Å²) in [5, 5.41) is 50.4. The number of carbonyl (C=O) groups is 2. The van der Waals surface area contributed by atoms with Gasteiger partial charge in [-0.05, 0) is 24.3 Å². The summed E-state index contributed by atoms with van der Waals surface area (Å²) in [5.74, 6) is -1.96. The molecule has 0 unspecified atom stereocenters. The monoisotopic (exact) mass is 444 g/mol. The average molecular weight is 444 g/mol. The second-order valence-corrected chi connectivity index (χ2v) is 8.87. The third kappa shape index (κ3) is 4.83. The number of rotatable bonds is 8. The standard InChI is InChI=1S/C22H28N4O6/c1-25(2,31)11-9-23-13-5-7-15(27)19-17(13)21(29)20-16(28)8-6-14(18(20)22(19)30)24-10-12-26(3,4)32/h5-8,23-24,27-28H,9-12H2,1-4H3. The average Bonchev–Trinajstić information content (AvgIpc) is 2.66. The molecule has 0 fully saturated rings. The molecule has 0 radical (unpaired) electrons. The summed E-state index contributed by atoms with van der Waals surface area (Å²) in [4.78, 5) is 26.8. The third-order valence-electron chi connectivity index (χ3n) is 5.21. The zero-order chi connectivity index (χ0) is 23.8. The van der Waals surface area contributed by atoms with Crippen LogP contribution in [0.2, 0.25) is 0 Å². The fourth-order valence-electron chi connectivity index (χ4n) is 3.58. The smallest absolute Gasteiger partial charge is 0.200 e. The van der Waals surface area contributed by atoms with Crippen LogP contribution in [0.4, 0.5) is 11.4 Å². The lowest BCUT2D eigenvalue weighted by molar-refractivity contribution is -0.838. The van der Waals surface area contributed by atoms with E-state index in [1.54, 1.807) is 0 Å². The van der Waals surface area contributed by atoms with Crippen molar-refractivity contribution in [3.63, 3.8) is 0 Å². The van der Waals surface area contributed by atoms with E-state index in [4.69, 9.17) is 0 Å². The Balaban J connectivity index is 2.03. The molecule has 0 bridgehead atoms. The van der Waals surface area contributed by atoms with Gasteiger partial charge in [0.15, 0.2) is 0 Å². The number of quaternary nitrogens is 2. The van der Waals surface area contributed by atoms with Crippen LogP contribution in [-0.2, 0) is 0 Å². The van der Waals surface area contributed by atoms with Crippen LogP contribution in [0.25, 0.3) is 0 Å². The van der Waals surface area contributed by atoms with E-state index in [9.17, 15) is 30.2 Å². The highest BCUT2D eigenvalue weighted by Crippen LogP contribution is 2.42. The van der Waals surface area contributed by atoms with Gasteiger partial charge in [0.1, 0.15) is 11.5 Å². The molecule has 0 aromatic heterocycles. The maximum atomic E-state index is 13.4. The molecule has 0 saturated carbocycles. The van der Waals surface area contributed by atoms with Crippen molar-refractivity contribution in [3.8, 4) is 11.5 Å². The summed E-state index contributed by atoms with van der Waals surface area (Å²) >= 11 is 0. The number of likely N-dealkylation sites (N-methyl/N-ethyl adjacent to an activating group) is 2. The highest BCUT2D eigenvalue weighted by Gasteiger charge is 2.38. The summed E-state index contributed by atoms with van der Waals surface area (Å²) in [5.41, 5.74) is 0.137. The van der Waals surface area contributed by atoms with E-state index >= 15 is 0 Å². The first-order valence-corrected chi connectivity index (χ1v) is 10.2. The number of hydrogen-bond donors (Lipinski definition) is 4. The second-order valence-electron chi connectivity index (χ2n) is 8.87. The van der Waals surface area contributed by atoms with Crippen LogP contribution in [0.5, 0.6) is 11.5 Å². The molecule has 0 heterocycles. The third-order valence-corrected chi connectivity index (χ3v) is 5.21. The first kappa shape index (κ1) is 23.5. The van der Waals surface area contributed by atoms with Gasteiger partial charge < -0.3 is 40.6 Å². The molecule has 32 heavy (non-hydrogen) atoms. The van der Waals surface area contributed by atoms with Gasteiger partial charge in [-0.15, -0.1) is 0 Å². The first-order valence-electron chi connectivity index (χ1n) is 10.2. The van der Waals surface area contributed by atoms with Crippen LogP contribution in [0.1, 0.15) is 31.8 Å². The maximum absolute atomic E-state index is 13.4. The van der Waals surface area contributed by atoms with Gasteiger partial charge in [0.05, 0.1) is 76.6 Å². The molecular weight excluding hydrogens is 416 g/mol. The van der Waals surface area contributed by atoms with Gasteiger partial charge in [0.25, 0.3) is 0 Å². The SMILES string of the molecule is C[N+](C)([O-])CCNc1ccc(O)c2c1C(=O)c1c(O)ccc(NCC[N+](C)(C)[O-])c1C2=O. The fourth-order valence-corrected chi connectivity index (χ4v) is 3.58. The number of nitrogens with one attached hydrogen (secondary N) is 2. The Morgan fingerprint density at radius 1 is 0.688 bits per heavy atom. The lowest BCUT2D eigenvalue weighted by Crippen LogP contribution is -2.37. The van der Waals surface area contributed by atoms with Crippen molar-refractivity contribution in [1.29, 1.82) is 0 Å². The fraction of sp³-hybridized carbons (Fsp3) is 0.364. The predicted octanol–water partition coefficient (Wildman–Crippen LogP) is 1.85. The topological polar surface area (TPSA) is 145 Å². The summed E-state index contributed by atoms with van der Waals surface area (Å²) in [6.45, 7) is 0.891. The Labute approximate surface area is 186 Å². The van der Waals surface area contributed by atoms with Crippen LogP contribution in [-0.4, -0.2) is 85.4 Å². The molecule has 2 aromatic rings. The van der Waals surface area contributed by atoms with Crippen LogP contribution in [0, 0.1) is 10.4 Å². The first-order chi connectivity index (χ1) is 14.8. The van der Waals surface area contributed by atoms with Gasteiger partial charge in [-0.1, -0.05) is 0 Å². The predicted molar refractivity (Wildman–Crippen MR) is 121 cm³/mol. The van der Waals surface area contributed by atoms with E-state index in [1.165, 1.54) is 52.5 Å². The summed E-state index contributed by atoms with van der Waals surface area (Å²) in [7, 11) is 5.94. The molecule has 0 saturated heterocycles. The summed E-state index contributed by atoms with van der Waals surface area (Å²) in [6, 6.07) is 5.54. The zero-order valence-corrected chi connectivity index (χ0v) is 18.6. The quantitative estimate of drug-likeness (QED) is 0.234. The Morgan fingerprint density at radius 3 is 1.34 bits per heavy atom. The van der Waals surface area contributed by atoms with Gasteiger partial charge >= 0.3 is 0 Å². The molecule has 10 heteroatoms. The molecule has 0 aliphatic heterocycles. The molecule has 0 spiro atoms. The number of aromatic hydroxyl groups is 2. The molecule has 4 N–H and O–H groups in total. The molecule has 1 aliphatic rings. The van der Waals surface area contributed by atoms with Crippen LogP contribution in [0.3, 0.4) is 0 Å². The Bertz CT molecular complexity index is 984. The van der Waals surface area contributed by atoms with Gasteiger partial charge in [-0.3, -0.25) is 9.59 Å². The highest BCUT2D eigenvalue weighted by atomic mass is 16.5. The molecule has 3 rings (SSSR count). The molecule has 172 valence electrons. The van der Waals surface area contributed by atoms with Crippen molar-refractivity contribution in [2.45, 2.75) is 0 Å². The Morgan fingerprint density at radius 2 is 1.03 bits per heavy atom. The minimum atomic E-state index is -0.620. The van der Waals surface area contributed by atoms with E-state index < -0.39 is 20.9 Å². The summed E-state index contributed by atoms with van der Waals surface area (Å²) < 4.78 is -1.09. The number of ketones is 2. The number of hydroxylamine groups is 6. The highest BCUT2D eigenvalue weighted by molar-refractivity contribution is 6.33.